The first-order chi connectivity index (χ1) is 14.4. The van der Waals surface area contributed by atoms with Gasteiger partial charge in [-0.25, -0.2) is 8.42 Å². The van der Waals surface area contributed by atoms with Crippen molar-refractivity contribution in [1.29, 1.82) is 5.26 Å². The van der Waals surface area contributed by atoms with Crippen LogP contribution in [0.4, 0.5) is 5.69 Å². The molecule has 0 saturated heterocycles. The summed E-state index contributed by atoms with van der Waals surface area (Å²) in [6, 6.07) is 22.1. The predicted molar refractivity (Wildman–Crippen MR) is 112 cm³/mol. The van der Waals surface area contributed by atoms with Crippen LogP contribution in [0.25, 0.3) is 22.8 Å². The van der Waals surface area contributed by atoms with Crippen LogP contribution in [0.2, 0.25) is 0 Å². The molecule has 30 heavy (non-hydrogen) atoms. The van der Waals surface area contributed by atoms with E-state index in [0.29, 0.717) is 22.6 Å². The van der Waals surface area contributed by atoms with Crippen LogP contribution in [0.15, 0.2) is 82.2 Å². The van der Waals surface area contributed by atoms with Gasteiger partial charge in [-0.05, 0) is 49.4 Å². The van der Waals surface area contributed by atoms with E-state index >= 15 is 0 Å². The van der Waals surface area contributed by atoms with E-state index < -0.39 is 10.0 Å². The minimum Gasteiger partial charge on any atom is -0.334 e. The van der Waals surface area contributed by atoms with E-state index in [9.17, 15) is 8.42 Å². The topological polar surface area (TPSA) is 109 Å². The van der Waals surface area contributed by atoms with Crippen molar-refractivity contribution < 1.29 is 12.9 Å². The average molecular weight is 416 g/mol. The van der Waals surface area contributed by atoms with Crippen molar-refractivity contribution >= 4 is 15.7 Å². The maximum Gasteiger partial charge on any atom is 0.261 e. The number of anilines is 1. The number of sulfonamides is 1. The highest BCUT2D eigenvalue weighted by Gasteiger charge is 2.17. The van der Waals surface area contributed by atoms with E-state index in [-0.39, 0.29) is 10.8 Å². The first-order valence-electron chi connectivity index (χ1n) is 8.99. The summed E-state index contributed by atoms with van der Waals surface area (Å²) in [7, 11) is -3.84. The van der Waals surface area contributed by atoms with Crippen molar-refractivity contribution in [3.8, 4) is 28.9 Å². The van der Waals surface area contributed by atoms with Crippen LogP contribution in [0.3, 0.4) is 0 Å². The maximum atomic E-state index is 12.8. The van der Waals surface area contributed by atoms with Crippen LogP contribution >= 0.6 is 0 Å². The number of nitrogens with one attached hydrogen (secondary N) is 1. The smallest absolute Gasteiger partial charge is 0.261 e. The Morgan fingerprint density at radius 3 is 2.40 bits per heavy atom. The molecule has 0 aliphatic carbocycles. The van der Waals surface area contributed by atoms with Crippen LogP contribution in [0, 0.1) is 18.3 Å². The zero-order chi connectivity index (χ0) is 21.1. The second kappa shape index (κ2) is 7.81. The second-order valence-corrected chi connectivity index (χ2v) is 8.29. The number of benzene rings is 3. The molecule has 0 aliphatic rings. The number of rotatable bonds is 5. The van der Waals surface area contributed by atoms with Gasteiger partial charge in [0.2, 0.25) is 5.82 Å². The quantitative estimate of drug-likeness (QED) is 0.517. The first-order valence-corrected chi connectivity index (χ1v) is 10.5. The van der Waals surface area contributed by atoms with E-state index in [1.54, 1.807) is 24.3 Å². The van der Waals surface area contributed by atoms with Gasteiger partial charge in [0.1, 0.15) is 0 Å². The third-order valence-corrected chi connectivity index (χ3v) is 5.77. The highest BCUT2D eigenvalue weighted by atomic mass is 32.2. The fourth-order valence-corrected chi connectivity index (χ4v) is 3.89. The number of hydrogen-bond donors (Lipinski definition) is 1. The fraction of sp³-hybridized carbons (Fsp3) is 0.0455. The lowest BCUT2D eigenvalue weighted by Crippen LogP contribution is -2.12. The molecule has 8 heteroatoms. The van der Waals surface area contributed by atoms with Crippen molar-refractivity contribution in [3.63, 3.8) is 0 Å². The number of nitrogens with zero attached hydrogens (tertiary/aromatic N) is 3. The minimum absolute atomic E-state index is 0.0550. The van der Waals surface area contributed by atoms with E-state index in [1.165, 1.54) is 24.3 Å². The molecule has 0 radical (unpaired) electrons. The summed E-state index contributed by atoms with van der Waals surface area (Å²) in [6.07, 6.45) is 0. The van der Waals surface area contributed by atoms with Crippen molar-refractivity contribution in [2.75, 3.05) is 4.72 Å². The Kier molecular flexibility index (Phi) is 5.04. The molecule has 0 saturated carbocycles. The number of aryl methyl sites for hydroxylation is 1. The Hall–Kier alpha value is -3.96. The van der Waals surface area contributed by atoms with Gasteiger partial charge in [-0.15, -0.1) is 0 Å². The minimum atomic E-state index is -3.84. The van der Waals surface area contributed by atoms with Gasteiger partial charge in [0.15, 0.2) is 0 Å². The molecular formula is C22H16N4O3S. The van der Waals surface area contributed by atoms with Gasteiger partial charge in [-0.2, -0.15) is 10.2 Å². The summed E-state index contributed by atoms with van der Waals surface area (Å²) in [5, 5.41) is 12.8. The summed E-state index contributed by atoms with van der Waals surface area (Å²) < 4.78 is 33.3. The Balaban J connectivity index is 1.60. The monoisotopic (exact) mass is 416 g/mol. The average Bonchev–Trinajstić information content (AvgIpc) is 3.25. The molecule has 0 atom stereocenters. The van der Waals surface area contributed by atoms with Gasteiger partial charge in [0.25, 0.3) is 15.9 Å². The third-order valence-electron chi connectivity index (χ3n) is 4.39. The lowest BCUT2D eigenvalue weighted by molar-refractivity contribution is 0.432. The highest BCUT2D eigenvalue weighted by molar-refractivity contribution is 7.92. The summed E-state index contributed by atoms with van der Waals surface area (Å²) in [4.78, 5) is 4.44. The van der Waals surface area contributed by atoms with Crippen LogP contribution in [-0.4, -0.2) is 18.6 Å². The summed E-state index contributed by atoms with van der Waals surface area (Å²) in [5.41, 5.74) is 3.22. The first kappa shape index (κ1) is 19.4. The van der Waals surface area contributed by atoms with Crippen LogP contribution < -0.4 is 4.72 Å². The molecule has 3 aromatic carbocycles. The predicted octanol–water partition coefficient (Wildman–Crippen LogP) is 4.38. The Morgan fingerprint density at radius 2 is 1.70 bits per heavy atom. The molecule has 1 heterocycles. The molecule has 0 amide bonds. The molecule has 0 fully saturated rings. The van der Waals surface area contributed by atoms with Gasteiger partial charge >= 0.3 is 0 Å². The van der Waals surface area contributed by atoms with Crippen molar-refractivity contribution in [3.05, 3.63) is 83.9 Å². The van der Waals surface area contributed by atoms with Gasteiger partial charge in [-0.1, -0.05) is 41.1 Å². The largest absolute Gasteiger partial charge is 0.334 e. The summed E-state index contributed by atoms with van der Waals surface area (Å²) >= 11 is 0. The van der Waals surface area contributed by atoms with Gasteiger partial charge in [0.05, 0.1) is 16.5 Å². The normalized spacial score (nSPS) is 11.1. The summed E-state index contributed by atoms with van der Waals surface area (Å²) in [6.45, 7) is 1.99. The van der Waals surface area contributed by atoms with E-state index in [0.717, 1.165) is 11.1 Å². The third kappa shape index (κ3) is 4.06. The molecule has 1 aromatic heterocycles. The van der Waals surface area contributed by atoms with Crippen molar-refractivity contribution in [2.24, 2.45) is 0 Å². The maximum absolute atomic E-state index is 12.8. The van der Waals surface area contributed by atoms with Crippen molar-refractivity contribution in [1.82, 2.24) is 10.1 Å². The zero-order valence-electron chi connectivity index (χ0n) is 15.9. The molecule has 4 aromatic rings. The van der Waals surface area contributed by atoms with Gasteiger partial charge in [0, 0.05) is 16.8 Å². The fourth-order valence-electron chi connectivity index (χ4n) is 2.78. The van der Waals surface area contributed by atoms with Crippen molar-refractivity contribution in [2.45, 2.75) is 11.8 Å². The molecule has 0 spiro atoms. The zero-order valence-corrected chi connectivity index (χ0v) is 16.7. The molecule has 4 rings (SSSR count). The molecule has 148 valence electrons. The van der Waals surface area contributed by atoms with Crippen LogP contribution in [0.5, 0.6) is 0 Å². The van der Waals surface area contributed by atoms with Crippen LogP contribution in [0.1, 0.15) is 11.1 Å². The molecule has 1 N–H and O–H groups in total. The second-order valence-electron chi connectivity index (χ2n) is 6.61. The standard InChI is InChI=1S/C22H16N4O3S/c1-15-5-9-17(10-6-15)21-24-22(29-25-21)18-3-2-4-20(13-18)30(27,28)26-19-11-7-16(14-23)8-12-19/h2-13,26H,1H3. The Morgan fingerprint density at radius 1 is 0.967 bits per heavy atom. The Bertz CT molecular complexity index is 1340. The lowest BCUT2D eigenvalue weighted by atomic mass is 10.1. The number of nitriles is 1. The van der Waals surface area contributed by atoms with Crippen LogP contribution in [-0.2, 0) is 10.0 Å². The van der Waals surface area contributed by atoms with E-state index in [1.807, 2.05) is 37.3 Å². The van der Waals surface area contributed by atoms with Gasteiger partial charge in [-0.3, -0.25) is 4.72 Å². The Labute approximate surface area is 173 Å². The van der Waals surface area contributed by atoms with Gasteiger partial charge < -0.3 is 4.52 Å². The highest BCUT2D eigenvalue weighted by Crippen LogP contribution is 2.25. The number of hydrogen-bond acceptors (Lipinski definition) is 6. The lowest BCUT2D eigenvalue weighted by Gasteiger charge is -2.08. The molecule has 7 nitrogen and oxygen atoms in total. The van der Waals surface area contributed by atoms with E-state index in [2.05, 4.69) is 14.9 Å². The molecule has 0 unspecified atom stereocenters. The number of aromatic nitrogens is 2. The summed E-state index contributed by atoms with van der Waals surface area (Å²) in [5.74, 6) is 0.648. The molecule has 0 bridgehead atoms. The van der Waals surface area contributed by atoms with E-state index in [4.69, 9.17) is 9.78 Å². The SMILES string of the molecule is Cc1ccc(-c2noc(-c3cccc(S(=O)(=O)Nc4ccc(C#N)cc4)c3)n2)cc1. The molecular weight excluding hydrogens is 400 g/mol. The molecule has 0 aliphatic heterocycles.